The highest BCUT2D eigenvalue weighted by Gasteiger charge is 2.12. The summed E-state index contributed by atoms with van der Waals surface area (Å²) >= 11 is 0. The number of ether oxygens (including phenoxy) is 3. The molecule has 0 aliphatic heterocycles. The molecule has 6 heteroatoms. The zero-order valence-electron chi connectivity index (χ0n) is 16.1. The Hall–Kier alpha value is -3.28. The van der Waals surface area contributed by atoms with Gasteiger partial charge in [0, 0.05) is 6.07 Å². The molecule has 1 heterocycles. The first kappa shape index (κ1) is 19.5. The number of aryl methyl sites for hydroxylation is 1. The molecule has 1 atom stereocenters. The van der Waals surface area contributed by atoms with Gasteiger partial charge >= 0.3 is 5.97 Å². The van der Waals surface area contributed by atoms with Crippen LogP contribution in [0.5, 0.6) is 17.2 Å². The van der Waals surface area contributed by atoms with Crippen molar-refractivity contribution in [1.82, 2.24) is 0 Å². The standard InChI is InChI=1S/C22H22O6/c1-4-15(3)27-21(23)13-25-17-9-10-18-19(11-17)26-12-20(22(18)24)28-16-7-5-14(2)6-8-16/h5-12,15H,4,13H2,1-3H3/t15-/m1/s1. The molecule has 3 rings (SSSR count). The molecule has 28 heavy (non-hydrogen) atoms. The van der Waals surface area contributed by atoms with E-state index in [4.69, 9.17) is 18.6 Å². The Bertz CT molecular complexity index is 1020. The minimum Gasteiger partial charge on any atom is -0.482 e. The number of fused-ring (bicyclic) bond motifs is 1. The van der Waals surface area contributed by atoms with Gasteiger partial charge in [-0.25, -0.2) is 4.79 Å². The fraction of sp³-hybridized carbons (Fsp3) is 0.273. The van der Waals surface area contributed by atoms with Gasteiger partial charge in [-0.1, -0.05) is 24.6 Å². The van der Waals surface area contributed by atoms with Crippen LogP contribution in [-0.2, 0) is 9.53 Å². The summed E-state index contributed by atoms with van der Waals surface area (Å²) in [5.74, 6) is 0.612. The number of rotatable bonds is 7. The molecule has 1 aromatic heterocycles. The summed E-state index contributed by atoms with van der Waals surface area (Å²) in [7, 11) is 0. The number of hydrogen-bond acceptors (Lipinski definition) is 6. The summed E-state index contributed by atoms with van der Waals surface area (Å²) in [6.07, 6.45) is 1.85. The van der Waals surface area contributed by atoms with Gasteiger partial charge in [-0.05, 0) is 44.5 Å². The molecule has 0 unspecified atom stereocenters. The Labute approximate surface area is 162 Å². The van der Waals surface area contributed by atoms with Crippen molar-refractivity contribution in [2.75, 3.05) is 6.61 Å². The van der Waals surface area contributed by atoms with Crippen LogP contribution >= 0.6 is 0 Å². The maximum absolute atomic E-state index is 12.6. The van der Waals surface area contributed by atoms with E-state index >= 15 is 0 Å². The molecular weight excluding hydrogens is 360 g/mol. The van der Waals surface area contributed by atoms with Crippen LogP contribution in [0.4, 0.5) is 0 Å². The minimum atomic E-state index is -0.447. The van der Waals surface area contributed by atoms with E-state index in [2.05, 4.69) is 0 Å². The average Bonchev–Trinajstić information content (AvgIpc) is 2.70. The lowest BCUT2D eigenvalue weighted by molar-refractivity contribution is -0.150. The molecule has 0 N–H and O–H groups in total. The lowest BCUT2D eigenvalue weighted by Crippen LogP contribution is -2.20. The van der Waals surface area contributed by atoms with Gasteiger partial charge in [0.2, 0.25) is 11.2 Å². The van der Waals surface area contributed by atoms with Gasteiger partial charge in [-0.15, -0.1) is 0 Å². The highest BCUT2D eigenvalue weighted by molar-refractivity contribution is 5.79. The monoisotopic (exact) mass is 382 g/mol. The van der Waals surface area contributed by atoms with Crippen LogP contribution < -0.4 is 14.9 Å². The van der Waals surface area contributed by atoms with E-state index < -0.39 is 5.97 Å². The molecule has 2 aromatic carbocycles. The number of carbonyl (C=O) groups is 1. The first-order valence-corrected chi connectivity index (χ1v) is 9.08. The zero-order valence-corrected chi connectivity index (χ0v) is 16.1. The van der Waals surface area contributed by atoms with E-state index in [-0.39, 0.29) is 23.9 Å². The summed E-state index contributed by atoms with van der Waals surface area (Å²) < 4.78 is 21.7. The zero-order chi connectivity index (χ0) is 20.1. The number of esters is 1. The first-order chi connectivity index (χ1) is 13.5. The van der Waals surface area contributed by atoms with Crippen LogP contribution in [0.25, 0.3) is 11.0 Å². The van der Waals surface area contributed by atoms with Crippen LogP contribution in [0.2, 0.25) is 0 Å². The van der Waals surface area contributed by atoms with Gasteiger partial charge in [-0.3, -0.25) is 4.79 Å². The summed E-state index contributed by atoms with van der Waals surface area (Å²) in [6.45, 7) is 5.51. The normalized spacial score (nSPS) is 11.8. The van der Waals surface area contributed by atoms with Crippen molar-refractivity contribution < 1.29 is 23.4 Å². The largest absolute Gasteiger partial charge is 0.482 e. The second-order valence-corrected chi connectivity index (χ2v) is 6.50. The van der Waals surface area contributed by atoms with Crippen LogP contribution in [-0.4, -0.2) is 18.7 Å². The van der Waals surface area contributed by atoms with Crippen molar-refractivity contribution in [3.63, 3.8) is 0 Å². The van der Waals surface area contributed by atoms with Gasteiger partial charge in [0.05, 0.1) is 11.5 Å². The third kappa shape index (κ3) is 4.71. The number of benzene rings is 2. The van der Waals surface area contributed by atoms with Crippen molar-refractivity contribution in [3.05, 3.63) is 64.5 Å². The van der Waals surface area contributed by atoms with Gasteiger partial charge < -0.3 is 18.6 Å². The molecule has 0 amide bonds. The molecule has 3 aromatic rings. The Morgan fingerprint density at radius 2 is 1.82 bits per heavy atom. The van der Waals surface area contributed by atoms with Crippen LogP contribution in [0.3, 0.4) is 0 Å². The highest BCUT2D eigenvalue weighted by atomic mass is 16.6. The maximum atomic E-state index is 12.6. The van der Waals surface area contributed by atoms with Crippen LogP contribution in [0, 0.1) is 6.92 Å². The molecule has 6 nitrogen and oxygen atoms in total. The van der Waals surface area contributed by atoms with E-state index in [1.165, 1.54) is 6.26 Å². The maximum Gasteiger partial charge on any atom is 0.344 e. The second-order valence-electron chi connectivity index (χ2n) is 6.50. The van der Waals surface area contributed by atoms with Crippen molar-refractivity contribution in [2.45, 2.75) is 33.3 Å². The molecule has 0 aliphatic rings. The second kappa shape index (κ2) is 8.61. The van der Waals surface area contributed by atoms with Gasteiger partial charge in [0.25, 0.3) is 0 Å². The van der Waals surface area contributed by atoms with E-state index in [1.54, 1.807) is 30.3 Å². The lowest BCUT2D eigenvalue weighted by atomic mass is 10.2. The number of hydrogen-bond donors (Lipinski definition) is 0. The first-order valence-electron chi connectivity index (χ1n) is 9.08. The van der Waals surface area contributed by atoms with Crippen LogP contribution in [0.1, 0.15) is 25.8 Å². The SMILES string of the molecule is CC[C@@H](C)OC(=O)COc1ccc2c(=O)c(Oc3ccc(C)cc3)coc2c1. The Kier molecular flexibility index (Phi) is 5.99. The average molecular weight is 382 g/mol. The Balaban J connectivity index is 1.74. The summed E-state index contributed by atoms with van der Waals surface area (Å²) in [4.78, 5) is 24.3. The fourth-order valence-corrected chi connectivity index (χ4v) is 2.47. The van der Waals surface area contributed by atoms with Gasteiger partial charge in [0.1, 0.15) is 23.3 Å². The third-order valence-electron chi connectivity index (χ3n) is 4.23. The van der Waals surface area contributed by atoms with E-state index in [9.17, 15) is 9.59 Å². The summed E-state index contributed by atoms with van der Waals surface area (Å²) in [5.41, 5.74) is 1.15. The number of carbonyl (C=O) groups excluding carboxylic acids is 1. The van der Waals surface area contributed by atoms with Gasteiger partial charge in [-0.2, -0.15) is 0 Å². The van der Waals surface area contributed by atoms with Crippen molar-refractivity contribution in [3.8, 4) is 17.2 Å². The van der Waals surface area contributed by atoms with E-state index in [0.29, 0.717) is 22.5 Å². The predicted octanol–water partition coefficient (Wildman–Crippen LogP) is 4.61. The minimum absolute atomic E-state index is 0.0992. The van der Waals surface area contributed by atoms with Gasteiger partial charge in [0.15, 0.2) is 6.61 Å². The summed E-state index contributed by atoms with van der Waals surface area (Å²) in [5, 5.41) is 0.360. The molecule has 146 valence electrons. The molecule has 0 saturated heterocycles. The topological polar surface area (TPSA) is 75.0 Å². The molecule has 0 saturated carbocycles. The van der Waals surface area contributed by atoms with E-state index in [1.807, 2.05) is 32.9 Å². The third-order valence-corrected chi connectivity index (χ3v) is 4.23. The molecular formula is C22H22O6. The fourth-order valence-electron chi connectivity index (χ4n) is 2.47. The predicted molar refractivity (Wildman–Crippen MR) is 105 cm³/mol. The van der Waals surface area contributed by atoms with Crippen LogP contribution in [0.15, 0.2) is 57.9 Å². The quantitative estimate of drug-likeness (QED) is 0.555. The van der Waals surface area contributed by atoms with Crippen molar-refractivity contribution >= 4 is 16.9 Å². The Morgan fingerprint density at radius 3 is 2.54 bits per heavy atom. The Morgan fingerprint density at radius 1 is 1.11 bits per heavy atom. The molecule has 0 fully saturated rings. The molecule has 0 aliphatic carbocycles. The lowest BCUT2D eigenvalue weighted by Gasteiger charge is -2.11. The van der Waals surface area contributed by atoms with Crippen molar-refractivity contribution in [2.24, 2.45) is 0 Å². The molecule has 0 radical (unpaired) electrons. The van der Waals surface area contributed by atoms with E-state index in [0.717, 1.165) is 12.0 Å². The summed E-state index contributed by atoms with van der Waals surface area (Å²) in [6, 6.07) is 12.1. The van der Waals surface area contributed by atoms with Crippen molar-refractivity contribution in [1.29, 1.82) is 0 Å². The molecule has 0 spiro atoms. The smallest absolute Gasteiger partial charge is 0.344 e. The highest BCUT2D eigenvalue weighted by Crippen LogP contribution is 2.24. The molecule has 0 bridgehead atoms.